The van der Waals surface area contributed by atoms with Crippen molar-refractivity contribution in [3.05, 3.63) is 24.3 Å². The summed E-state index contributed by atoms with van der Waals surface area (Å²) in [4.78, 5) is 12.2. The second-order valence-electron chi connectivity index (χ2n) is 5.91. The van der Waals surface area contributed by atoms with Gasteiger partial charge in [0.2, 0.25) is 15.9 Å². The van der Waals surface area contributed by atoms with Gasteiger partial charge in [0.25, 0.3) is 0 Å². The molecule has 0 unspecified atom stereocenters. The molecule has 1 heterocycles. The zero-order valence-electron chi connectivity index (χ0n) is 14.7. The lowest BCUT2D eigenvalue weighted by Crippen LogP contribution is -2.41. The largest absolute Gasteiger partial charge is 0.492 e. The monoisotopic (exact) mass is 370 g/mol. The number of hydrogen-bond donors (Lipinski definition) is 1. The Kier molecular flexibility index (Phi) is 7.07. The number of nitrogens with one attached hydrogen (secondary N) is 1. The zero-order chi connectivity index (χ0) is 18.3. The van der Waals surface area contributed by atoms with Gasteiger partial charge in [0.05, 0.1) is 25.1 Å². The molecule has 0 spiro atoms. The van der Waals surface area contributed by atoms with Crippen LogP contribution in [0.5, 0.6) is 5.75 Å². The van der Waals surface area contributed by atoms with Crippen LogP contribution in [0.25, 0.3) is 0 Å². The highest BCUT2D eigenvalue weighted by atomic mass is 32.2. The van der Waals surface area contributed by atoms with Crippen molar-refractivity contribution in [3.63, 3.8) is 0 Å². The predicted molar refractivity (Wildman–Crippen MR) is 96.4 cm³/mol. The zero-order valence-corrected chi connectivity index (χ0v) is 15.5. The van der Waals surface area contributed by atoms with E-state index in [9.17, 15) is 13.2 Å². The average molecular weight is 370 g/mol. The van der Waals surface area contributed by atoms with E-state index in [1.165, 1.54) is 4.31 Å². The standard InChI is InChI=1S/C17H26N2O5S/c1-3-24-16-7-5-4-6-15(16)19(25(2,21)22)11-10-18-17(20)14-8-12-23-13-9-14/h4-7,14H,3,8-13H2,1-2H3,(H,18,20). The van der Waals surface area contributed by atoms with Crippen LogP contribution in [-0.4, -0.2) is 53.5 Å². The van der Waals surface area contributed by atoms with E-state index >= 15 is 0 Å². The minimum atomic E-state index is -3.50. The Hall–Kier alpha value is -1.80. The number of rotatable bonds is 8. The van der Waals surface area contributed by atoms with Gasteiger partial charge in [-0.3, -0.25) is 9.10 Å². The van der Waals surface area contributed by atoms with Gasteiger partial charge >= 0.3 is 0 Å². The second-order valence-corrected chi connectivity index (χ2v) is 7.82. The molecule has 1 aromatic rings. The smallest absolute Gasteiger partial charge is 0.232 e. The summed E-state index contributed by atoms with van der Waals surface area (Å²) in [6, 6.07) is 6.99. The molecule has 0 atom stereocenters. The highest BCUT2D eigenvalue weighted by molar-refractivity contribution is 7.92. The molecular weight excluding hydrogens is 344 g/mol. The van der Waals surface area contributed by atoms with Crippen molar-refractivity contribution in [3.8, 4) is 5.75 Å². The molecule has 1 aliphatic heterocycles. The molecule has 1 aliphatic rings. The average Bonchev–Trinajstić information content (AvgIpc) is 2.59. The molecule has 1 N–H and O–H groups in total. The highest BCUT2D eigenvalue weighted by Crippen LogP contribution is 2.29. The number of carbonyl (C=O) groups is 1. The second kappa shape index (κ2) is 9.05. The van der Waals surface area contributed by atoms with Gasteiger partial charge < -0.3 is 14.8 Å². The molecule has 7 nitrogen and oxygen atoms in total. The van der Waals surface area contributed by atoms with Gasteiger partial charge in [-0.1, -0.05) is 12.1 Å². The topological polar surface area (TPSA) is 84.9 Å². The molecule has 1 aromatic carbocycles. The molecule has 25 heavy (non-hydrogen) atoms. The Morgan fingerprint density at radius 2 is 2.00 bits per heavy atom. The van der Waals surface area contributed by atoms with Crippen LogP contribution in [0.1, 0.15) is 19.8 Å². The highest BCUT2D eigenvalue weighted by Gasteiger charge is 2.23. The van der Waals surface area contributed by atoms with Crippen molar-refractivity contribution in [1.29, 1.82) is 0 Å². The van der Waals surface area contributed by atoms with E-state index in [2.05, 4.69) is 5.32 Å². The van der Waals surface area contributed by atoms with Crippen molar-refractivity contribution in [2.24, 2.45) is 5.92 Å². The molecule has 0 bridgehead atoms. The van der Waals surface area contributed by atoms with Gasteiger partial charge in [-0.05, 0) is 31.9 Å². The molecule has 1 amide bonds. The molecule has 2 rings (SSSR count). The third-order valence-electron chi connectivity index (χ3n) is 4.04. The van der Waals surface area contributed by atoms with Gasteiger partial charge in [-0.15, -0.1) is 0 Å². The van der Waals surface area contributed by atoms with E-state index in [0.717, 1.165) is 6.26 Å². The van der Waals surface area contributed by atoms with Crippen molar-refractivity contribution >= 4 is 21.6 Å². The summed E-state index contributed by atoms with van der Waals surface area (Å²) in [7, 11) is -3.50. The number of hydrogen-bond acceptors (Lipinski definition) is 5. The van der Waals surface area contributed by atoms with E-state index < -0.39 is 10.0 Å². The Morgan fingerprint density at radius 3 is 2.64 bits per heavy atom. The van der Waals surface area contributed by atoms with Crippen LogP contribution < -0.4 is 14.4 Å². The van der Waals surface area contributed by atoms with E-state index in [-0.39, 0.29) is 24.9 Å². The van der Waals surface area contributed by atoms with E-state index in [1.54, 1.807) is 24.3 Å². The van der Waals surface area contributed by atoms with Crippen LogP contribution in [0.2, 0.25) is 0 Å². The first-order chi connectivity index (χ1) is 11.9. The van der Waals surface area contributed by atoms with Crippen molar-refractivity contribution in [2.75, 3.05) is 43.5 Å². The predicted octanol–water partition coefficient (Wildman–Crippen LogP) is 1.39. The number of ether oxygens (including phenoxy) is 2. The number of anilines is 1. The fourth-order valence-electron chi connectivity index (χ4n) is 2.79. The third kappa shape index (κ3) is 5.61. The van der Waals surface area contributed by atoms with Crippen LogP contribution in [-0.2, 0) is 19.6 Å². The fourth-order valence-corrected chi connectivity index (χ4v) is 3.72. The van der Waals surface area contributed by atoms with Crippen LogP contribution in [0.4, 0.5) is 5.69 Å². The molecule has 0 aromatic heterocycles. The van der Waals surface area contributed by atoms with Crippen LogP contribution in [0, 0.1) is 5.92 Å². The van der Waals surface area contributed by atoms with Gasteiger partial charge in [0.1, 0.15) is 5.75 Å². The van der Waals surface area contributed by atoms with Crippen molar-refractivity contribution < 1.29 is 22.7 Å². The lowest BCUT2D eigenvalue weighted by atomic mass is 9.99. The number of carbonyl (C=O) groups excluding carboxylic acids is 1. The summed E-state index contributed by atoms with van der Waals surface area (Å²) in [5, 5.41) is 2.83. The van der Waals surface area contributed by atoms with Crippen LogP contribution in [0.15, 0.2) is 24.3 Å². The van der Waals surface area contributed by atoms with Crippen LogP contribution in [0.3, 0.4) is 0 Å². The van der Waals surface area contributed by atoms with E-state index in [1.807, 2.05) is 6.92 Å². The number of benzene rings is 1. The maximum absolute atomic E-state index is 12.2. The first kappa shape index (κ1) is 19.5. The Morgan fingerprint density at radius 1 is 1.32 bits per heavy atom. The number of para-hydroxylation sites is 2. The Bertz CT molecular complexity index is 671. The lowest BCUT2D eigenvalue weighted by Gasteiger charge is -2.26. The Balaban J connectivity index is 2.03. The maximum Gasteiger partial charge on any atom is 0.232 e. The van der Waals surface area contributed by atoms with Crippen molar-refractivity contribution in [2.45, 2.75) is 19.8 Å². The third-order valence-corrected chi connectivity index (χ3v) is 5.22. The number of sulfonamides is 1. The fraction of sp³-hybridized carbons (Fsp3) is 0.588. The first-order valence-electron chi connectivity index (χ1n) is 8.48. The summed E-state index contributed by atoms with van der Waals surface area (Å²) < 4.78 is 36.5. The summed E-state index contributed by atoms with van der Waals surface area (Å²) in [6.07, 6.45) is 2.56. The van der Waals surface area contributed by atoms with E-state index in [4.69, 9.17) is 9.47 Å². The molecule has 8 heteroatoms. The van der Waals surface area contributed by atoms with Gasteiger partial charge in [-0.2, -0.15) is 0 Å². The van der Waals surface area contributed by atoms with Crippen LogP contribution >= 0.6 is 0 Å². The van der Waals surface area contributed by atoms with Gasteiger partial charge in [0, 0.05) is 25.7 Å². The number of amides is 1. The summed E-state index contributed by atoms with van der Waals surface area (Å²) in [6.45, 7) is 3.86. The quantitative estimate of drug-likeness (QED) is 0.748. The van der Waals surface area contributed by atoms with Crippen molar-refractivity contribution in [1.82, 2.24) is 5.32 Å². The van der Waals surface area contributed by atoms with Gasteiger partial charge in [-0.25, -0.2) is 8.42 Å². The molecule has 0 radical (unpaired) electrons. The minimum Gasteiger partial charge on any atom is -0.492 e. The molecular formula is C17H26N2O5S. The summed E-state index contributed by atoms with van der Waals surface area (Å²) in [5.41, 5.74) is 0.479. The summed E-state index contributed by atoms with van der Waals surface area (Å²) >= 11 is 0. The normalized spacial score (nSPS) is 15.6. The molecule has 0 aliphatic carbocycles. The molecule has 140 valence electrons. The first-order valence-corrected chi connectivity index (χ1v) is 10.3. The summed E-state index contributed by atoms with van der Waals surface area (Å²) in [5.74, 6) is 0.400. The lowest BCUT2D eigenvalue weighted by molar-refractivity contribution is -0.127. The SMILES string of the molecule is CCOc1ccccc1N(CCNC(=O)C1CCOCC1)S(C)(=O)=O. The molecule has 0 saturated carbocycles. The van der Waals surface area contributed by atoms with Gasteiger partial charge in [0.15, 0.2) is 0 Å². The Labute approximate surface area is 149 Å². The van der Waals surface area contributed by atoms with E-state index in [0.29, 0.717) is 44.1 Å². The minimum absolute atomic E-state index is 0.0464. The number of nitrogens with zero attached hydrogens (tertiary/aromatic N) is 1. The molecule has 1 fully saturated rings. The molecule has 1 saturated heterocycles. The maximum atomic E-state index is 12.2.